The van der Waals surface area contributed by atoms with Crippen LogP contribution in [0.4, 0.5) is 0 Å². The van der Waals surface area contributed by atoms with E-state index in [9.17, 15) is 9.90 Å². The lowest BCUT2D eigenvalue weighted by Gasteiger charge is -2.64. The van der Waals surface area contributed by atoms with E-state index in [0.29, 0.717) is 17.3 Å². The third-order valence-electron chi connectivity index (χ3n) is 9.91. The van der Waals surface area contributed by atoms with Gasteiger partial charge in [-0.3, -0.25) is 4.79 Å². The quantitative estimate of drug-likeness (QED) is 0.548. The molecule has 0 aromatic carbocycles. The summed E-state index contributed by atoms with van der Waals surface area (Å²) in [5.74, 6) is 5.27. The zero-order chi connectivity index (χ0) is 20.4. The molecule has 0 aromatic heterocycles. The van der Waals surface area contributed by atoms with Gasteiger partial charge in [-0.1, -0.05) is 13.8 Å². The molecule has 0 radical (unpaired) electrons. The van der Waals surface area contributed by atoms with Crippen molar-refractivity contribution in [2.24, 2.45) is 34.5 Å². The van der Waals surface area contributed by atoms with Crippen LogP contribution in [-0.2, 0) is 9.53 Å². The summed E-state index contributed by atoms with van der Waals surface area (Å²) in [5, 5.41) is 11.2. The molecule has 8 atom stereocenters. The van der Waals surface area contributed by atoms with Gasteiger partial charge in [0.2, 0.25) is 0 Å². The first-order valence-electron chi connectivity index (χ1n) is 11.9. The van der Waals surface area contributed by atoms with Crippen LogP contribution in [-0.4, -0.2) is 38.9 Å². The zero-order valence-corrected chi connectivity index (χ0v) is 20.0. The SMILES string of the molecule is CC(=O)OC1CCC2C3CCC4CC(O)C5(CC4(C)C3CCC12C)SCCCS5. The van der Waals surface area contributed by atoms with E-state index in [1.165, 1.54) is 56.5 Å². The molecule has 5 rings (SSSR count). The fourth-order valence-electron chi connectivity index (χ4n) is 8.53. The van der Waals surface area contributed by atoms with E-state index in [0.717, 1.165) is 24.7 Å². The average Bonchev–Trinajstić information content (AvgIpc) is 3.00. The number of thioether (sulfide) groups is 2. The fourth-order valence-corrected chi connectivity index (χ4v) is 12.2. The van der Waals surface area contributed by atoms with E-state index in [2.05, 4.69) is 37.4 Å². The molecule has 3 nitrogen and oxygen atoms in total. The van der Waals surface area contributed by atoms with Crippen LogP contribution in [0.15, 0.2) is 0 Å². The minimum absolute atomic E-state index is 0.0437. The largest absolute Gasteiger partial charge is 0.462 e. The average molecular weight is 439 g/mol. The van der Waals surface area contributed by atoms with Gasteiger partial charge in [-0.05, 0) is 98.4 Å². The highest BCUT2D eigenvalue weighted by Gasteiger charge is 2.64. The first-order chi connectivity index (χ1) is 13.8. The molecular weight excluding hydrogens is 400 g/mol. The summed E-state index contributed by atoms with van der Waals surface area (Å²) < 4.78 is 5.86. The van der Waals surface area contributed by atoms with Crippen molar-refractivity contribution < 1.29 is 14.6 Å². The minimum atomic E-state index is -0.138. The molecule has 1 heterocycles. The van der Waals surface area contributed by atoms with E-state index >= 15 is 0 Å². The maximum absolute atomic E-state index is 11.7. The van der Waals surface area contributed by atoms with Gasteiger partial charge >= 0.3 is 5.97 Å². The van der Waals surface area contributed by atoms with Crippen LogP contribution in [0, 0.1) is 34.5 Å². The second kappa shape index (κ2) is 7.33. The number of aliphatic hydroxyl groups is 1. The molecule has 5 aliphatic rings. The molecule has 1 saturated heterocycles. The number of ether oxygens (including phenoxy) is 1. The summed E-state index contributed by atoms with van der Waals surface area (Å²) in [4.78, 5) is 11.7. The van der Waals surface area contributed by atoms with Crippen LogP contribution in [0.25, 0.3) is 0 Å². The second-order valence-electron chi connectivity index (χ2n) is 11.2. The Kier molecular flexibility index (Phi) is 5.31. The van der Waals surface area contributed by atoms with Crippen molar-refractivity contribution >= 4 is 29.5 Å². The van der Waals surface area contributed by atoms with E-state index in [1.807, 2.05) is 0 Å². The van der Waals surface area contributed by atoms with E-state index < -0.39 is 0 Å². The summed E-state index contributed by atoms with van der Waals surface area (Å²) in [6, 6.07) is 0. The Labute approximate surface area is 184 Å². The monoisotopic (exact) mass is 438 g/mol. The van der Waals surface area contributed by atoms with Gasteiger partial charge in [0.1, 0.15) is 6.10 Å². The maximum Gasteiger partial charge on any atom is 0.302 e. The number of carbonyl (C=O) groups excluding carboxylic acids is 1. The summed E-state index contributed by atoms with van der Waals surface area (Å²) >= 11 is 4.14. The molecule has 1 aliphatic heterocycles. The van der Waals surface area contributed by atoms with Crippen molar-refractivity contribution in [3.8, 4) is 0 Å². The Bertz CT molecular complexity index is 663. The molecule has 8 unspecified atom stereocenters. The van der Waals surface area contributed by atoms with Gasteiger partial charge in [-0.2, -0.15) is 0 Å². The molecule has 1 spiro atoms. The van der Waals surface area contributed by atoms with Crippen molar-refractivity contribution in [3.05, 3.63) is 0 Å². The molecule has 1 N–H and O–H groups in total. The van der Waals surface area contributed by atoms with Crippen LogP contribution in [0.3, 0.4) is 0 Å². The Balaban J connectivity index is 1.42. The minimum Gasteiger partial charge on any atom is -0.462 e. The highest BCUT2D eigenvalue weighted by atomic mass is 32.2. The van der Waals surface area contributed by atoms with Gasteiger partial charge in [0.25, 0.3) is 0 Å². The van der Waals surface area contributed by atoms with Crippen LogP contribution in [0.5, 0.6) is 0 Å². The van der Waals surface area contributed by atoms with Gasteiger partial charge in [0, 0.05) is 12.3 Å². The highest BCUT2D eigenvalue weighted by molar-refractivity contribution is 8.18. The molecular formula is C24H38O3S2. The van der Waals surface area contributed by atoms with Crippen molar-refractivity contribution in [2.75, 3.05) is 11.5 Å². The lowest BCUT2D eigenvalue weighted by molar-refractivity contribution is -0.163. The standard InChI is InChI=1S/C24H38O3S2/c1-15(25)27-21-8-7-18-17-6-5-16-13-20(26)24(28-11-4-12-29-24)14-23(16,3)19(17)9-10-22(18,21)2/h16-21,26H,4-14H2,1-3H3. The van der Waals surface area contributed by atoms with Gasteiger partial charge in [0.15, 0.2) is 0 Å². The number of hydrogen-bond donors (Lipinski definition) is 1. The van der Waals surface area contributed by atoms with Crippen molar-refractivity contribution in [1.29, 1.82) is 0 Å². The van der Waals surface area contributed by atoms with Gasteiger partial charge in [0.05, 0.1) is 10.2 Å². The third kappa shape index (κ3) is 3.15. The number of hydrogen-bond acceptors (Lipinski definition) is 5. The zero-order valence-electron chi connectivity index (χ0n) is 18.3. The Morgan fingerprint density at radius 2 is 1.72 bits per heavy atom. The van der Waals surface area contributed by atoms with Crippen molar-refractivity contribution in [1.82, 2.24) is 0 Å². The van der Waals surface area contributed by atoms with E-state index in [4.69, 9.17) is 4.74 Å². The normalized spacial score (nSPS) is 51.0. The second-order valence-corrected chi connectivity index (χ2v) is 14.3. The van der Waals surface area contributed by atoms with Crippen LogP contribution >= 0.6 is 23.5 Å². The van der Waals surface area contributed by atoms with Crippen molar-refractivity contribution in [2.45, 2.75) is 94.8 Å². The molecule has 5 fully saturated rings. The van der Waals surface area contributed by atoms with Crippen LogP contribution < -0.4 is 0 Å². The van der Waals surface area contributed by atoms with Crippen LogP contribution in [0.1, 0.15) is 78.6 Å². The van der Waals surface area contributed by atoms with Gasteiger partial charge in [-0.15, -0.1) is 23.5 Å². The van der Waals surface area contributed by atoms with Gasteiger partial charge in [-0.25, -0.2) is 0 Å². The smallest absolute Gasteiger partial charge is 0.302 e. The molecule has 5 heteroatoms. The Hall–Kier alpha value is 0.130. The predicted octanol–water partition coefficient (Wildman–Crippen LogP) is 5.50. The lowest BCUT2D eigenvalue weighted by Crippen LogP contribution is -2.59. The van der Waals surface area contributed by atoms with E-state index in [-0.39, 0.29) is 27.7 Å². The number of carbonyl (C=O) groups is 1. The molecule has 4 saturated carbocycles. The van der Waals surface area contributed by atoms with Gasteiger partial charge < -0.3 is 9.84 Å². The van der Waals surface area contributed by atoms with Crippen molar-refractivity contribution in [3.63, 3.8) is 0 Å². The molecule has 4 aliphatic carbocycles. The summed E-state index contributed by atoms with van der Waals surface area (Å²) in [5.41, 5.74) is 0.538. The number of esters is 1. The Morgan fingerprint density at radius 3 is 2.45 bits per heavy atom. The van der Waals surface area contributed by atoms with Crippen LogP contribution in [0.2, 0.25) is 0 Å². The summed E-state index contributed by atoms with van der Waals surface area (Å²) in [6.07, 6.45) is 10.8. The molecule has 164 valence electrons. The maximum atomic E-state index is 11.7. The highest BCUT2D eigenvalue weighted by Crippen LogP contribution is 2.69. The Morgan fingerprint density at radius 1 is 1.00 bits per heavy atom. The number of fused-ring (bicyclic) bond motifs is 5. The first kappa shape index (κ1) is 21.0. The number of aliphatic hydroxyl groups excluding tert-OH is 1. The molecule has 0 aromatic rings. The molecule has 29 heavy (non-hydrogen) atoms. The lowest BCUT2D eigenvalue weighted by atomic mass is 9.45. The first-order valence-corrected chi connectivity index (χ1v) is 13.9. The fraction of sp³-hybridized carbons (Fsp3) is 0.958. The number of rotatable bonds is 1. The topological polar surface area (TPSA) is 46.5 Å². The summed E-state index contributed by atoms with van der Waals surface area (Å²) in [7, 11) is 0. The summed E-state index contributed by atoms with van der Waals surface area (Å²) in [6.45, 7) is 6.59. The van der Waals surface area contributed by atoms with E-state index in [1.54, 1.807) is 6.92 Å². The predicted molar refractivity (Wildman–Crippen MR) is 121 cm³/mol. The molecule has 0 amide bonds. The molecule has 0 bridgehead atoms. The third-order valence-corrected chi connectivity index (χ3v) is 13.4.